The van der Waals surface area contributed by atoms with Crippen LogP contribution in [0.3, 0.4) is 0 Å². The summed E-state index contributed by atoms with van der Waals surface area (Å²) < 4.78 is 6.97. The van der Waals surface area contributed by atoms with Crippen LogP contribution < -0.4 is 0 Å². The van der Waals surface area contributed by atoms with Gasteiger partial charge in [0.2, 0.25) is 0 Å². The highest BCUT2D eigenvalue weighted by Crippen LogP contribution is 2.44. The van der Waals surface area contributed by atoms with Gasteiger partial charge in [-0.2, -0.15) is 5.10 Å². The SMILES string of the molecule is CCOC(=O)c1nn(-c2ccccc2Cl)c2c1CSc1ccccc1-2. The zero-order chi connectivity index (χ0) is 17.4. The lowest BCUT2D eigenvalue weighted by Crippen LogP contribution is -2.08. The van der Waals surface area contributed by atoms with Crippen LogP contribution in [0.2, 0.25) is 5.02 Å². The van der Waals surface area contributed by atoms with Crippen LogP contribution >= 0.6 is 23.4 Å². The fraction of sp³-hybridized carbons (Fsp3) is 0.158. The van der Waals surface area contributed by atoms with Crippen LogP contribution in [0.15, 0.2) is 53.4 Å². The molecule has 2 heterocycles. The Bertz CT molecular complexity index is 968. The van der Waals surface area contributed by atoms with E-state index in [0.717, 1.165) is 22.5 Å². The van der Waals surface area contributed by atoms with E-state index in [0.29, 0.717) is 23.1 Å². The van der Waals surface area contributed by atoms with E-state index in [1.807, 2.05) is 42.5 Å². The van der Waals surface area contributed by atoms with Gasteiger partial charge in [-0.25, -0.2) is 9.48 Å². The molecule has 0 atom stereocenters. The number of benzene rings is 2. The summed E-state index contributed by atoms with van der Waals surface area (Å²) in [6.45, 7) is 2.11. The summed E-state index contributed by atoms with van der Waals surface area (Å²) in [6, 6.07) is 15.6. The average Bonchev–Trinajstić information content (AvgIpc) is 3.02. The summed E-state index contributed by atoms with van der Waals surface area (Å²) in [4.78, 5) is 13.6. The molecule has 0 aliphatic carbocycles. The van der Waals surface area contributed by atoms with Gasteiger partial charge in [0, 0.05) is 21.8 Å². The Balaban J connectivity index is 2.00. The van der Waals surface area contributed by atoms with Crippen molar-refractivity contribution in [3.8, 4) is 16.9 Å². The number of aromatic nitrogens is 2. The van der Waals surface area contributed by atoms with Gasteiger partial charge >= 0.3 is 5.97 Å². The van der Waals surface area contributed by atoms with E-state index >= 15 is 0 Å². The maximum Gasteiger partial charge on any atom is 0.359 e. The zero-order valence-corrected chi connectivity index (χ0v) is 15.1. The third-order valence-corrected chi connectivity index (χ3v) is 5.47. The molecule has 0 radical (unpaired) electrons. The number of carbonyl (C=O) groups is 1. The van der Waals surface area contributed by atoms with Crippen molar-refractivity contribution >= 4 is 29.3 Å². The summed E-state index contributed by atoms with van der Waals surface area (Å²) in [7, 11) is 0. The van der Waals surface area contributed by atoms with E-state index < -0.39 is 5.97 Å². The zero-order valence-electron chi connectivity index (χ0n) is 13.5. The molecule has 0 N–H and O–H groups in total. The van der Waals surface area contributed by atoms with Gasteiger partial charge in [-0.3, -0.25) is 0 Å². The smallest absolute Gasteiger partial charge is 0.359 e. The van der Waals surface area contributed by atoms with Crippen LogP contribution in [0, 0.1) is 0 Å². The molecule has 6 heteroatoms. The second-order valence-corrected chi connectivity index (χ2v) is 6.97. The number of fused-ring (bicyclic) bond motifs is 3. The molecule has 0 fully saturated rings. The number of nitrogens with zero attached hydrogens (tertiary/aromatic N) is 2. The Morgan fingerprint density at radius 2 is 2.00 bits per heavy atom. The van der Waals surface area contributed by atoms with Crippen LogP contribution in [0.1, 0.15) is 23.0 Å². The number of esters is 1. The number of para-hydroxylation sites is 1. The van der Waals surface area contributed by atoms with Crippen molar-refractivity contribution in [1.82, 2.24) is 9.78 Å². The maximum atomic E-state index is 12.4. The Labute approximate surface area is 154 Å². The lowest BCUT2D eigenvalue weighted by Gasteiger charge is -2.18. The molecule has 0 saturated heterocycles. The first kappa shape index (κ1) is 16.2. The predicted molar refractivity (Wildman–Crippen MR) is 99.5 cm³/mol. The van der Waals surface area contributed by atoms with Crippen molar-refractivity contribution in [2.24, 2.45) is 0 Å². The lowest BCUT2D eigenvalue weighted by atomic mass is 10.1. The molecule has 4 nitrogen and oxygen atoms in total. The molecule has 4 rings (SSSR count). The fourth-order valence-corrected chi connectivity index (χ4v) is 4.25. The average molecular weight is 371 g/mol. The van der Waals surface area contributed by atoms with Crippen LogP contribution in [-0.4, -0.2) is 22.4 Å². The molecule has 0 unspecified atom stereocenters. The molecule has 25 heavy (non-hydrogen) atoms. The quantitative estimate of drug-likeness (QED) is 0.610. The van der Waals surface area contributed by atoms with Gasteiger partial charge in [0.1, 0.15) is 0 Å². The Morgan fingerprint density at radius 1 is 1.24 bits per heavy atom. The van der Waals surface area contributed by atoms with Gasteiger partial charge in [-0.15, -0.1) is 11.8 Å². The molecule has 3 aromatic rings. The lowest BCUT2D eigenvalue weighted by molar-refractivity contribution is 0.0518. The van der Waals surface area contributed by atoms with Gasteiger partial charge in [-0.1, -0.05) is 41.9 Å². The van der Waals surface area contributed by atoms with E-state index in [9.17, 15) is 4.79 Å². The highest BCUT2D eigenvalue weighted by molar-refractivity contribution is 7.98. The first-order valence-electron chi connectivity index (χ1n) is 7.96. The Morgan fingerprint density at radius 3 is 2.80 bits per heavy atom. The second-order valence-electron chi connectivity index (χ2n) is 5.54. The molecule has 0 amide bonds. The summed E-state index contributed by atoms with van der Waals surface area (Å²) in [6.07, 6.45) is 0. The van der Waals surface area contributed by atoms with Crippen LogP contribution in [0.4, 0.5) is 0 Å². The van der Waals surface area contributed by atoms with Crippen molar-refractivity contribution in [3.63, 3.8) is 0 Å². The third-order valence-electron chi connectivity index (χ3n) is 4.05. The number of carbonyl (C=O) groups excluding carboxylic acids is 1. The molecule has 126 valence electrons. The van der Waals surface area contributed by atoms with E-state index in [1.54, 1.807) is 23.4 Å². The number of hydrogen-bond donors (Lipinski definition) is 0. The summed E-state index contributed by atoms with van der Waals surface area (Å²) in [5.74, 6) is 0.273. The minimum atomic E-state index is -0.399. The Hall–Kier alpha value is -2.24. The molecule has 0 spiro atoms. The first-order chi connectivity index (χ1) is 12.2. The molecular weight excluding hydrogens is 356 g/mol. The largest absolute Gasteiger partial charge is 0.461 e. The second kappa shape index (κ2) is 6.58. The standard InChI is InChI=1S/C19H15ClN2O2S/c1-2-24-19(23)17-13-11-25-16-10-6-3-7-12(16)18(13)22(21-17)15-9-5-4-8-14(15)20/h3-10H,2,11H2,1H3. The van der Waals surface area contributed by atoms with E-state index in [2.05, 4.69) is 11.2 Å². The number of rotatable bonds is 3. The summed E-state index contributed by atoms with van der Waals surface area (Å²) in [5, 5.41) is 5.17. The predicted octanol–water partition coefficient (Wildman–Crippen LogP) is 4.98. The number of ether oxygens (including phenoxy) is 1. The summed E-state index contributed by atoms with van der Waals surface area (Å²) in [5.41, 5.74) is 3.96. The Kier molecular flexibility index (Phi) is 4.27. The molecule has 0 bridgehead atoms. The molecule has 2 aromatic carbocycles. The minimum absolute atomic E-state index is 0.316. The number of thioether (sulfide) groups is 1. The maximum absolute atomic E-state index is 12.4. The van der Waals surface area contributed by atoms with Gasteiger partial charge in [0.15, 0.2) is 5.69 Å². The van der Waals surface area contributed by atoms with Crippen molar-refractivity contribution < 1.29 is 9.53 Å². The minimum Gasteiger partial charge on any atom is -0.461 e. The van der Waals surface area contributed by atoms with Gasteiger partial charge < -0.3 is 4.74 Å². The normalized spacial score (nSPS) is 12.4. The van der Waals surface area contributed by atoms with Crippen LogP contribution in [0.5, 0.6) is 0 Å². The van der Waals surface area contributed by atoms with Crippen molar-refractivity contribution in [2.45, 2.75) is 17.6 Å². The van der Waals surface area contributed by atoms with Crippen LogP contribution in [0.25, 0.3) is 16.9 Å². The topological polar surface area (TPSA) is 44.1 Å². The van der Waals surface area contributed by atoms with E-state index in [4.69, 9.17) is 16.3 Å². The van der Waals surface area contributed by atoms with Gasteiger partial charge in [0.05, 0.1) is 23.0 Å². The highest BCUT2D eigenvalue weighted by Gasteiger charge is 2.30. The summed E-state index contributed by atoms with van der Waals surface area (Å²) >= 11 is 8.10. The third kappa shape index (κ3) is 2.73. The van der Waals surface area contributed by atoms with Gasteiger partial charge in [-0.05, 0) is 25.1 Å². The first-order valence-corrected chi connectivity index (χ1v) is 9.33. The number of halogens is 1. The van der Waals surface area contributed by atoms with E-state index in [1.165, 1.54) is 4.90 Å². The van der Waals surface area contributed by atoms with Crippen LogP contribution in [-0.2, 0) is 10.5 Å². The van der Waals surface area contributed by atoms with E-state index in [-0.39, 0.29) is 0 Å². The fourth-order valence-electron chi connectivity index (χ4n) is 2.96. The number of hydrogen-bond acceptors (Lipinski definition) is 4. The highest BCUT2D eigenvalue weighted by atomic mass is 35.5. The monoisotopic (exact) mass is 370 g/mol. The van der Waals surface area contributed by atoms with Crippen molar-refractivity contribution in [2.75, 3.05) is 6.61 Å². The van der Waals surface area contributed by atoms with Crippen molar-refractivity contribution in [3.05, 3.63) is 64.8 Å². The molecule has 1 aliphatic heterocycles. The molecule has 0 saturated carbocycles. The molecule has 1 aromatic heterocycles. The molecule has 1 aliphatic rings. The van der Waals surface area contributed by atoms with Crippen molar-refractivity contribution in [1.29, 1.82) is 0 Å². The van der Waals surface area contributed by atoms with Gasteiger partial charge in [0.25, 0.3) is 0 Å². The molecular formula is C19H15ClN2O2S.